The van der Waals surface area contributed by atoms with Gasteiger partial charge in [-0.25, -0.2) is 4.39 Å². The van der Waals surface area contributed by atoms with Crippen LogP contribution in [0.4, 0.5) is 10.2 Å². The zero-order chi connectivity index (χ0) is 23.5. The number of ether oxygens (including phenoxy) is 1. The second-order valence-corrected chi connectivity index (χ2v) is 8.21. The average Bonchev–Trinajstić information content (AvgIpc) is 3.43. The van der Waals surface area contributed by atoms with E-state index < -0.39 is 22.7 Å². The van der Waals surface area contributed by atoms with E-state index in [9.17, 15) is 14.5 Å². The molecule has 4 aromatic rings. The lowest BCUT2D eigenvalue weighted by molar-refractivity contribution is -0.390. The zero-order valence-corrected chi connectivity index (χ0v) is 19.3. The van der Waals surface area contributed by atoms with Crippen molar-refractivity contribution in [1.82, 2.24) is 19.9 Å². The first-order valence-electron chi connectivity index (χ1n) is 10.1. The quantitative estimate of drug-likeness (QED) is 0.225. The molecular weight excluding hydrogens is 497 g/mol. The summed E-state index contributed by atoms with van der Waals surface area (Å²) in [6, 6.07) is 5.69. The van der Waals surface area contributed by atoms with E-state index in [-0.39, 0.29) is 5.75 Å². The number of benzene rings is 1. The van der Waals surface area contributed by atoms with Gasteiger partial charge in [0.05, 0.1) is 10.7 Å². The average molecular weight is 516 g/mol. The number of nitro groups is 1. The van der Waals surface area contributed by atoms with Crippen LogP contribution in [0.2, 0.25) is 0 Å². The summed E-state index contributed by atoms with van der Waals surface area (Å²) < 4.78 is 27.7. The van der Waals surface area contributed by atoms with E-state index in [4.69, 9.17) is 9.26 Å². The molecule has 0 radical (unpaired) electrons. The number of nitrogens with zero attached hydrogens (tertiary/aromatic N) is 5. The first kappa shape index (κ1) is 22.6. The number of aromatic nitrogens is 4. The molecule has 0 N–H and O–H groups in total. The lowest BCUT2D eigenvalue weighted by Gasteiger charge is -2.18. The maximum absolute atomic E-state index is 14.2. The van der Waals surface area contributed by atoms with Crippen molar-refractivity contribution in [3.63, 3.8) is 0 Å². The molecular formula is C22H19BrFN5O4. The Hall–Kier alpha value is -3.60. The van der Waals surface area contributed by atoms with Gasteiger partial charge in [0.2, 0.25) is 5.75 Å². The fourth-order valence-electron chi connectivity index (χ4n) is 3.47. The van der Waals surface area contributed by atoms with Crippen LogP contribution in [-0.2, 0) is 13.0 Å². The lowest BCUT2D eigenvalue weighted by atomic mass is 9.96. The van der Waals surface area contributed by atoms with Gasteiger partial charge in [-0.2, -0.15) is 5.10 Å². The van der Waals surface area contributed by atoms with Crippen molar-refractivity contribution in [2.45, 2.75) is 32.9 Å². The van der Waals surface area contributed by atoms with Crippen molar-refractivity contribution in [3.8, 4) is 17.0 Å². The Morgan fingerprint density at radius 1 is 1.33 bits per heavy atom. The second kappa shape index (κ2) is 9.49. The normalized spacial score (nSPS) is 12.0. The molecule has 0 aliphatic carbocycles. The number of hydrogen-bond donors (Lipinski definition) is 0. The summed E-state index contributed by atoms with van der Waals surface area (Å²) in [6.45, 7) is 4.43. The first-order chi connectivity index (χ1) is 15.9. The molecule has 1 atom stereocenters. The van der Waals surface area contributed by atoms with Crippen LogP contribution in [0.5, 0.6) is 5.75 Å². The first-order valence-corrected chi connectivity index (χ1v) is 10.9. The fraction of sp³-hybridized carbons (Fsp3) is 0.227. The number of hydrogen-bond acceptors (Lipinski definition) is 7. The van der Waals surface area contributed by atoms with E-state index >= 15 is 0 Å². The van der Waals surface area contributed by atoms with Crippen LogP contribution < -0.4 is 4.74 Å². The number of aryl methyl sites for hydroxylation is 1. The Morgan fingerprint density at radius 2 is 2.15 bits per heavy atom. The van der Waals surface area contributed by atoms with Crippen LogP contribution in [0.15, 0.2) is 58.1 Å². The molecule has 0 fully saturated rings. The minimum absolute atomic E-state index is 0.0376. The third-order valence-corrected chi connectivity index (χ3v) is 5.46. The highest BCUT2D eigenvalue weighted by atomic mass is 79.9. The highest BCUT2D eigenvalue weighted by Crippen LogP contribution is 2.36. The topological polar surface area (TPSA) is 109 Å². The number of halogens is 2. The van der Waals surface area contributed by atoms with Crippen LogP contribution in [0, 0.1) is 15.9 Å². The van der Waals surface area contributed by atoms with Gasteiger partial charge in [-0.1, -0.05) is 5.16 Å². The van der Waals surface area contributed by atoms with Gasteiger partial charge in [0.25, 0.3) is 0 Å². The minimum Gasteiger partial charge on any atom is -0.478 e. The van der Waals surface area contributed by atoms with Crippen molar-refractivity contribution in [3.05, 3.63) is 86.2 Å². The third-order valence-electron chi connectivity index (χ3n) is 5.03. The van der Waals surface area contributed by atoms with Crippen molar-refractivity contribution < 1.29 is 18.6 Å². The summed E-state index contributed by atoms with van der Waals surface area (Å²) in [5.41, 5.74) is 3.36. The summed E-state index contributed by atoms with van der Waals surface area (Å²) in [4.78, 5) is 14.5. The van der Waals surface area contributed by atoms with E-state index in [1.807, 2.05) is 17.8 Å². The van der Waals surface area contributed by atoms with Crippen LogP contribution >= 0.6 is 15.9 Å². The molecule has 0 aliphatic rings. The Labute approximate surface area is 196 Å². The predicted octanol–water partition coefficient (Wildman–Crippen LogP) is 5.49. The molecule has 0 saturated heterocycles. The van der Waals surface area contributed by atoms with Gasteiger partial charge in [-0.05, 0) is 63.4 Å². The Bertz CT molecular complexity index is 1310. The molecule has 170 valence electrons. The molecule has 11 heteroatoms. The Kier molecular flexibility index (Phi) is 6.50. The van der Waals surface area contributed by atoms with Crippen molar-refractivity contribution in [2.75, 3.05) is 0 Å². The molecule has 1 aromatic carbocycles. The Morgan fingerprint density at radius 3 is 2.88 bits per heavy atom. The molecule has 0 aliphatic heterocycles. The van der Waals surface area contributed by atoms with E-state index in [0.717, 1.165) is 17.7 Å². The fourth-order valence-corrected chi connectivity index (χ4v) is 3.78. The van der Waals surface area contributed by atoms with E-state index in [1.54, 1.807) is 25.5 Å². The molecule has 0 amide bonds. The molecule has 1 unspecified atom stereocenters. The molecule has 4 rings (SSSR count). The van der Waals surface area contributed by atoms with E-state index in [2.05, 4.69) is 31.2 Å². The van der Waals surface area contributed by atoms with E-state index in [0.29, 0.717) is 27.7 Å². The molecule has 0 bridgehead atoms. The predicted molar refractivity (Wildman–Crippen MR) is 120 cm³/mol. The van der Waals surface area contributed by atoms with Gasteiger partial charge < -0.3 is 19.4 Å². The summed E-state index contributed by atoms with van der Waals surface area (Å²) in [7, 11) is 0. The van der Waals surface area contributed by atoms with Crippen LogP contribution in [-0.4, -0.2) is 24.8 Å². The minimum atomic E-state index is -0.752. The standard InChI is InChI=1S/C22H19BrFN5O4/c1-3-28-11-14(9-26-28)6-15-12-32-27-21(15)18-5-4-17(24)8-19(18)13(2)33-20-7-16(23)10-25-22(20)29(30)31/h4-5,7-13H,3,6H2,1-2H3. The van der Waals surface area contributed by atoms with Crippen LogP contribution in [0.25, 0.3) is 11.3 Å². The molecule has 9 nitrogen and oxygen atoms in total. The number of pyridine rings is 1. The van der Waals surface area contributed by atoms with Gasteiger partial charge >= 0.3 is 5.82 Å². The summed E-state index contributed by atoms with van der Waals surface area (Å²) >= 11 is 3.24. The van der Waals surface area contributed by atoms with Gasteiger partial charge in [-0.3, -0.25) is 4.68 Å². The lowest BCUT2D eigenvalue weighted by Crippen LogP contribution is -2.08. The molecule has 3 aromatic heterocycles. The smallest absolute Gasteiger partial charge is 0.406 e. The molecule has 0 spiro atoms. The van der Waals surface area contributed by atoms with Crippen molar-refractivity contribution in [2.24, 2.45) is 0 Å². The van der Waals surface area contributed by atoms with E-state index in [1.165, 1.54) is 24.4 Å². The summed E-state index contributed by atoms with van der Waals surface area (Å²) in [5, 5.41) is 19.8. The highest BCUT2D eigenvalue weighted by Gasteiger charge is 2.24. The molecule has 0 saturated carbocycles. The summed E-state index contributed by atoms with van der Waals surface area (Å²) in [5.74, 6) is -0.942. The van der Waals surface area contributed by atoms with Crippen LogP contribution in [0.3, 0.4) is 0 Å². The largest absolute Gasteiger partial charge is 0.478 e. The van der Waals surface area contributed by atoms with Gasteiger partial charge in [0.15, 0.2) is 6.20 Å². The monoisotopic (exact) mass is 515 g/mol. The SMILES string of the molecule is CCn1cc(Cc2conc2-c2ccc(F)cc2C(C)Oc2cc(Br)cnc2[N+](=O)[O-])cn1. The van der Waals surface area contributed by atoms with Gasteiger partial charge in [0.1, 0.15) is 23.9 Å². The molecule has 3 heterocycles. The number of rotatable bonds is 8. The maximum Gasteiger partial charge on any atom is 0.406 e. The second-order valence-electron chi connectivity index (χ2n) is 7.29. The third kappa shape index (κ3) is 4.92. The highest BCUT2D eigenvalue weighted by molar-refractivity contribution is 9.10. The van der Waals surface area contributed by atoms with Crippen molar-refractivity contribution in [1.29, 1.82) is 0 Å². The van der Waals surface area contributed by atoms with Gasteiger partial charge in [0, 0.05) is 41.9 Å². The zero-order valence-electron chi connectivity index (χ0n) is 17.7. The molecule has 33 heavy (non-hydrogen) atoms. The van der Waals surface area contributed by atoms with Crippen molar-refractivity contribution >= 4 is 21.7 Å². The van der Waals surface area contributed by atoms with Gasteiger partial charge in [-0.15, -0.1) is 0 Å². The van der Waals surface area contributed by atoms with Crippen LogP contribution in [0.1, 0.15) is 36.6 Å². The maximum atomic E-state index is 14.2. The summed E-state index contributed by atoms with van der Waals surface area (Å²) in [6.07, 6.45) is 6.33. The Balaban J connectivity index is 1.69.